The number of carbonyl (C=O) groups is 1. The fourth-order valence-corrected chi connectivity index (χ4v) is 4.54. The van der Waals surface area contributed by atoms with Crippen LogP contribution in [-0.4, -0.2) is 22.0 Å². The lowest BCUT2D eigenvalue weighted by molar-refractivity contribution is 0.0948. The maximum Gasteiger partial charge on any atom is 0.253 e. The highest BCUT2D eigenvalue weighted by molar-refractivity contribution is 7.09. The van der Waals surface area contributed by atoms with Crippen molar-refractivity contribution in [2.24, 2.45) is 5.92 Å². The topological polar surface area (TPSA) is 56.2 Å². The summed E-state index contributed by atoms with van der Waals surface area (Å²) in [5, 5.41) is 6.93. The standard InChI is InChI=1S/C24H29Cl2N3O2S/c1-5-6-7-29-16(4)20(24(30)27-12-15(2)3)11-22(29)21-14-32-23(28-21)13-31-19-9-17(25)8-18(26)10-19/h8-11,14-15H,5-7,12-13H2,1-4H3,(H,27,30). The van der Waals surface area contributed by atoms with Gasteiger partial charge in [-0.05, 0) is 43.5 Å². The first-order valence-corrected chi connectivity index (χ1v) is 12.4. The van der Waals surface area contributed by atoms with Crippen LogP contribution in [0.2, 0.25) is 10.0 Å². The third kappa shape index (κ3) is 6.27. The Morgan fingerprint density at radius 3 is 2.59 bits per heavy atom. The molecule has 0 spiro atoms. The van der Waals surface area contributed by atoms with Gasteiger partial charge >= 0.3 is 0 Å². The van der Waals surface area contributed by atoms with Crippen LogP contribution in [0.4, 0.5) is 0 Å². The second-order valence-electron chi connectivity index (χ2n) is 8.16. The van der Waals surface area contributed by atoms with Crippen LogP contribution in [0.5, 0.6) is 5.75 Å². The molecule has 0 aliphatic carbocycles. The molecule has 1 amide bonds. The molecule has 2 aromatic heterocycles. The van der Waals surface area contributed by atoms with E-state index >= 15 is 0 Å². The van der Waals surface area contributed by atoms with Gasteiger partial charge in [-0.15, -0.1) is 11.3 Å². The van der Waals surface area contributed by atoms with Gasteiger partial charge in [0.15, 0.2) is 0 Å². The second-order valence-corrected chi connectivity index (χ2v) is 9.97. The van der Waals surface area contributed by atoms with Gasteiger partial charge in [0.1, 0.15) is 17.4 Å². The Bertz CT molecular complexity index is 1060. The zero-order valence-electron chi connectivity index (χ0n) is 18.9. The average Bonchev–Trinajstić information content (AvgIpc) is 3.32. The third-order valence-electron chi connectivity index (χ3n) is 5.03. The van der Waals surface area contributed by atoms with E-state index in [4.69, 9.17) is 32.9 Å². The summed E-state index contributed by atoms with van der Waals surface area (Å²) in [6.45, 7) is 10.1. The van der Waals surface area contributed by atoms with E-state index < -0.39 is 0 Å². The minimum atomic E-state index is -0.0377. The van der Waals surface area contributed by atoms with Crippen LogP contribution in [0.3, 0.4) is 0 Å². The van der Waals surface area contributed by atoms with Crippen molar-refractivity contribution in [3.05, 3.63) is 56.0 Å². The quantitative estimate of drug-likeness (QED) is 0.330. The Hall–Kier alpha value is -2.02. The Labute approximate surface area is 203 Å². The molecule has 0 saturated carbocycles. The Morgan fingerprint density at radius 2 is 1.94 bits per heavy atom. The molecule has 0 fully saturated rings. The first-order valence-electron chi connectivity index (χ1n) is 10.8. The summed E-state index contributed by atoms with van der Waals surface area (Å²) in [5.74, 6) is 0.964. The molecule has 0 aliphatic heterocycles. The van der Waals surface area contributed by atoms with E-state index in [2.05, 4.69) is 30.7 Å². The van der Waals surface area contributed by atoms with Crippen LogP contribution in [0, 0.1) is 12.8 Å². The zero-order chi connectivity index (χ0) is 23.3. The number of halogens is 2. The highest BCUT2D eigenvalue weighted by atomic mass is 35.5. The van der Waals surface area contributed by atoms with Gasteiger partial charge < -0.3 is 14.6 Å². The first kappa shape index (κ1) is 24.6. The molecule has 0 aliphatic rings. The van der Waals surface area contributed by atoms with E-state index in [0.29, 0.717) is 40.4 Å². The monoisotopic (exact) mass is 493 g/mol. The highest BCUT2D eigenvalue weighted by Crippen LogP contribution is 2.29. The van der Waals surface area contributed by atoms with E-state index in [-0.39, 0.29) is 5.91 Å². The SMILES string of the molecule is CCCCn1c(-c2csc(COc3cc(Cl)cc(Cl)c3)n2)cc(C(=O)NCC(C)C)c1C. The number of unbranched alkanes of at least 4 members (excludes halogenated alkanes) is 1. The van der Waals surface area contributed by atoms with Crippen LogP contribution in [0.25, 0.3) is 11.4 Å². The fourth-order valence-electron chi connectivity index (χ4n) is 3.34. The number of thiazole rings is 1. The molecule has 1 N–H and O–H groups in total. The third-order valence-corrected chi connectivity index (χ3v) is 6.29. The van der Waals surface area contributed by atoms with Crippen molar-refractivity contribution >= 4 is 40.4 Å². The maximum absolute atomic E-state index is 12.8. The molecule has 172 valence electrons. The Morgan fingerprint density at radius 1 is 1.22 bits per heavy atom. The molecule has 0 radical (unpaired) electrons. The fraction of sp³-hybridized carbons (Fsp3) is 0.417. The molecular weight excluding hydrogens is 465 g/mol. The highest BCUT2D eigenvalue weighted by Gasteiger charge is 2.20. The molecular formula is C24H29Cl2N3O2S. The van der Waals surface area contributed by atoms with Crippen LogP contribution >= 0.6 is 34.5 Å². The van der Waals surface area contributed by atoms with Crippen molar-refractivity contribution in [3.63, 3.8) is 0 Å². The molecule has 2 heterocycles. The van der Waals surface area contributed by atoms with E-state index in [9.17, 15) is 4.79 Å². The molecule has 1 aromatic carbocycles. The minimum Gasteiger partial charge on any atom is -0.486 e. The number of nitrogens with zero attached hydrogens (tertiary/aromatic N) is 2. The molecule has 32 heavy (non-hydrogen) atoms. The van der Waals surface area contributed by atoms with Crippen molar-refractivity contribution in [1.29, 1.82) is 0 Å². The molecule has 0 bridgehead atoms. The molecule has 8 heteroatoms. The van der Waals surface area contributed by atoms with Gasteiger partial charge in [-0.2, -0.15) is 0 Å². The molecule has 0 atom stereocenters. The smallest absolute Gasteiger partial charge is 0.253 e. The molecule has 3 aromatic rings. The second kappa shape index (κ2) is 11.2. The average molecular weight is 494 g/mol. The Kier molecular flexibility index (Phi) is 8.63. The van der Waals surface area contributed by atoms with Gasteiger partial charge in [0.2, 0.25) is 0 Å². The predicted molar refractivity (Wildman–Crippen MR) is 133 cm³/mol. The lowest BCUT2D eigenvalue weighted by Crippen LogP contribution is -2.27. The van der Waals surface area contributed by atoms with E-state index in [1.165, 1.54) is 11.3 Å². The van der Waals surface area contributed by atoms with E-state index in [1.807, 2.05) is 18.4 Å². The number of nitrogens with one attached hydrogen (secondary N) is 1. The number of hydrogen-bond acceptors (Lipinski definition) is 4. The van der Waals surface area contributed by atoms with Gasteiger partial charge in [0.25, 0.3) is 5.91 Å². The summed E-state index contributed by atoms with van der Waals surface area (Å²) in [7, 11) is 0. The summed E-state index contributed by atoms with van der Waals surface area (Å²) >= 11 is 13.6. The summed E-state index contributed by atoms with van der Waals surface area (Å²) in [4.78, 5) is 17.5. The van der Waals surface area contributed by atoms with Gasteiger partial charge in [-0.25, -0.2) is 4.98 Å². The van der Waals surface area contributed by atoms with Gasteiger partial charge in [-0.3, -0.25) is 4.79 Å². The van der Waals surface area contributed by atoms with Gasteiger partial charge in [-0.1, -0.05) is 50.4 Å². The van der Waals surface area contributed by atoms with Crippen LogP contribution in [0.15, 0.2) is 29.6 Å². The molecule has 3 rings (SSSR count). The predicted octanol–water partition coefficient (Wildman–Crippen LogP) is 6.99. The normalized spacial score (nSPS) is 11.2. The summed E-state index contributed by atoms with van der Waals surface area (Å²) < 4.78 is 8.03. The lowest BCUT2D eigenvalue weighted by atomic mass is 10.2. The summed E-state index contributed by atoms with van der Waals surface area (Å²) in [6.07, 6.45) is 2.11. The largest absolute Gasteiger partial charge is 0.486 e. The van der Waals surface area contributed by atoms with Crippen molar-refractivity contribution in [3.8, 4) is 17.1 Å². The Balaban J connectivity index is 1.82. The van der Waals surface area contributed by atoms with Crippen molar-refractivity contribution < 1.29 is 9.53 Å². The first-order chi connectivity index (χ1) is 15.3. The molecule has 5 nitrogen and oxygen atoms in total. The van der Waals surface area contributed by atoms with Crippen LogP contribution in [0.1, 0.15) is 54.7 Å². The number of ether oxygens (including phenoxy) is 1. The van der Waals surface area contributed by atoms with Crippen LogP contribution < -0.4 is 10.1 Å². The maximum atomic E-state index is 12.8. The van der Waals surface area contributed by atoms with Gasteiger partial charge in [0.05, 0.1) is 17.0 Å². The lowest BCUT2D eigenvalue weighted by Gasteiger charge is -2.11. The van der Waals surface area contributed by atoms with Crippen molar-refractivity contribution in [2.75, 3.05) is 6.54 Å². The van der Waals surface area contributed by atoms with E-state index in [0.717, 1.165) is 41.5 Å². The van der Waals surface area contributed by atoms with Gasteiger partial charge in [0, 0.05) is 34.2 Å². The number of benzene rings is 1. The number of aromatic nitrogens is 2. The zero-order valence-corrected chi connectivity index (χ0v) is 21.2. The van der Waals surface area contributed by atoms with E-state index in [1.54, 1.807) is 18.2 Å². The van der Waals surface area contributed by atoms with Crippen LogP contribution in [-0.2, 0) is 13.2 Å². The number of carbonyl (C=O) groups excluding carboxylic acids is 1. The molecule has 0 unspecified atom stereocenters. The number of amides is 1. The summed E-state index contributed by atoms with van der Waals surface area (Å²) in [5.41, 5.74) is 3.48. The number of hydrogen-bond donors (Lipinski definition) is 1. The van der Waals surface area contributed by atoms with Crippen molar-refractivity contribution in [1.82, 2.24) is 14.9 Å². The molecule has 0 saturated heterocycles. The number of rotatable bonds is 10. The van der Waals surface area contributed by atoms with Crippen molar-refractivity contribution in [2.45, 2.75) is 53.7 Å². The summed E-state index contributed by atoms with van der Waals surface area (Å²) in [6, 6.07) is 7.07. The minimum absolute atomic E-state index is 0.0377.